The van der Waals surface area contributed by atoms with E-state index in [9.17, 15) is 9.59 Å². The summed E-state index contributed by atoms with van der Waals surface area (Å²) >= 11 is 0. The van der Waals surface area contributed by atoms with Crippen LogP contribution in [0.1, 0.15) is 90.4 Å². The first-order valence-corrected chi connectivity index (χ1v) is 15.0. The molecule has 4 N–H and O–H groups in total. The molecular formula is C29H47N5O3. The van der Waals surface area contributed by atoms with Gasteiger partial charge < -0.3 is 26.0 Å². The Hall–Kier alpha value is -2.09. The zero-order valence-corrected chi connectivity index (χ0v) is 22.7. The number of hydrogen-bond donors (Lipinski definition) is 3. The van der Waals surface area contributed by atoms with Crippen LogP contribution in [0.2, 0.25) is 0 Å². The second kappa shape index (κ2) is 12.2. The van der Waals surface area contributed by atoms with Crippen LogP contribution in [0.25, 0.3) is 0 Å². The van der Waals surface area contributed by atoms with E-state index in [4.69, 9.17) is 15.5 Å². The summed E-state index contributed by atoms with van der Waals surface area (Å²) in [7, 11) is 0. The van der Waals surface area contributed by atoms with E-state index in [0.29, 0.717) is 56.3 Å². The van der Waals surface area contributed by atoms with Gasteiger partial charge in [-0.2, -0.15) is 0 Å². The van der Waals surface area contributed by atoms with Gasteiger partial charge in [0, 0.05) is 36.5 Å². The Kier molecular flexibility index (Phi) is 8.73. The number of rotatable bonds is 4. The van der Waals surface area contributed by atoms with E-state index >= 15 is 0 Å². The molecule has 5 aliphatic rings. The topological polar surface area (TPSA) is 109 Å². The van der Waals surface area contributed by atoms with Crippen LogP contribution in [0.4, 0.5) is 4.79 Å². The molecule has 4 saturated carbocycles. The lowest BCUT2D eigenvalue weighted by Gasteiger charge is -2.44. The van der Waals surface area contributed by atoms with Crippen LogP contribution in [-0.2, 0) is 9.53 Å². The second-order valence-electron chi connectivity index (χ2n) is 12.3. The molecule has 8 nitrogen and oxygen atoms in total. The highest BCUT2D eigenvalue weighted by molar-refractivity contribution is 6.08. The highest BCUT2D eigenvalue weighted by atomic mass is 16.5. The molecule has 5 atom stereocenters. The lowest BCUT2D eigenvalue weighted by molar-refractivity contribution is -0.119. The molecule has 1 heterocycles. The third-order valence-electron chi connectivity index (χ3n) is 9.58. The van der Waals surface area contributed by atoms with E-state index in [1.165, 1.54) is 51.4 Å². The third kappa shape index (κ3) is 6.50. The molecule has 3 amide bonds. The summed E-state index contributed by atoms with van der Waals surface area (Å²) in [5.41, 5.74) is 8.82. The molecule has 1 saturated heterocycles. The summed E-state index contributed by atoms with van der Waals surface area (Å²) in [6.45, 7) is 4.67. The standard InChI is InChI=1S/C29H47N5O3/c1-19-16-20-6-5-7-21(17-20)27(19)33-28(35)26(30)24-18-23(32-29(36)34-12-14-37-15-13-34)10-11-25(24)31-22-8-3-2-4-9-22/h19-23,27H,2-18,30H2,1H3,(H,32,36)(H,33,35). The molecular weight excluding hydrogens is 466 g/mol. The maximum atomic E-state index is 13.6. The van der Waals surface area contributed by atoms with Gasteiger partial charge in [-0.05, 0) is 69.1 Å². The molecule has 0 aromatic heterocycles. The summed E-state index contributed by atoms with van der Waals surface area (Å²) in [6, 6.07) is 0.426. The second-order valence-corrected chi connectivity index (χ2v) is 12.3. The lowest BCUT2D eigenvalue weighted by Crippen LogP contribution is -2.51. The van der Waals surface area contributed by atoms with Crippen LogP contribution in [0.5, 0.6) is 0 Å². The van der Waals surface area contributed by atoms with Crippen molar-refractivity contribution < 1.29 is 14.3 Å². The molecule has 4 aliphatic carbocycles. The van der Waals surface area contributed by atoms with Gasteiger partial charge in [0.15, 0.2) is 0 Å². The molecule has 5 unspecified atom stereocenters. The fraction of sp³-hybridized carbons (Fsp3) is 0.828. The van der Waals surface area contributed by atoms with E-state index in [0.717, 1.165) is 42.9 Å². The van der Waals surface area contributed by atoms with Crippen molar-refractivity contribution in [2.45, 2.75) is 109 Å². The predicted octanol–water partition coefficient (Wildman–Crippen LogP) is 3.90. The monoisotopic (exact) mass is 513 g/mol. The number of carbonyl (C=O) groups is 2. The number of fused-ring (bicyclic) bond motifs is 2. The largest absolute Gasteiger partial charge is 0.394 e. The van der Waals surface area contributed by atoms with Gasteiger partial charge in [-0.3, -0.25) is 9.79 Å². The number of morpholine rings is 1. The molecule has 8 heteroatoms. The molecule has 2 bridgehead atoms. The van der Waals surface area contributed by atoms with Crippen LogP contribution in [0.3, 0.4) is 0 Å². The fourth-order valence-electron chi connectivity index (χ4n) is 7.56. The smallest absolute Gasteiger partial charge is 0.317 e. The van der Waals surface area contributed by atoms with Gasteiger partial charge in [-0.15, -0.1) is 0 Å². The van der Waals surface area contributed by atoms with Crippen LogP contribution < -0.4 is 16.4 Å². The molecule has 206 valence electrons. The summed E-state index contributed by atoms with van der Waals surface area (Å²) < 4.78 is 5.39. The molecule has 0 spiro atoms. The van der Waals surface area contributed by atoms with Crippen molar-refractivity contribution in [3.05, 3.63) is 11.3 Å². The Morgan fingerprint density at radius 3 is 2.54 bits per heavy atom. The molecule has 0 radical (unpaired) electrons. The Morgan fingerprint density at radius 1 is 0.973 bits per heavy atom. The lowest BCUT2D eigenvalue weighted by atomic mass is 9.65. The number of carbonyl (C=O) groups excluding carboxylic acids is 2. The normalized spacial score (nSPS) is 35.6. The van der Waals surface area contributed by atoms with Gasteiger partial charge in [-0.1, -0.05) is 39.0 Å². The number of nitrogens with zero attached hydrogens (tertiary/aromatic N) is 2. The van der Waals surface area contributed by atoms with Crippen molar-refractivity contribution >= 4 is 17.6 Å². The summed E-state index contributed by atoms with van der Waals surface area (Å²) in [5.74, 6) is 1.72. The average Bonchev–Trinajstić information content (AvgIpc) is 2.92. The van der Waals surface area contributed by atoms with Crippen molar-refractivity contribution in [2.75, 3.05) is 26.3 Å². The van der Waals surface area contributed by atoms with Gasteiger partial charge in [0.1, 0.15) is 5.70 Å². The van der Waals surface area contributed by atoms with Crippen molar-refractivity contribution in [3.8, 4) is 0 Å². The number of aliphatic imine (C=N–C) groups is 1. The van der Waals surface area contributed by atoms with Gasteiger partial charge >= 0.3 is 6.03 Å². The molecule has 0 aromatic carbocycles. The minimum Gasteiger partial charge on any atom is -0.394 e. The first-order valence-electron chi connectivity index (χ1n) is 15.0. The Balaban J connectivity index is 1.32. The van der Waals surface area contributed by atoms with Crippen LogP contribution in [0, 0.1) is 17.8 Å². The Bertz CT molecular complexity index is 888. The first kappa shape index (κ1) is 26.5. The summed E-state index contributed by atoms with van der Waals surface area (Å²) in [5, 5.41) is 6.58. The maximum absolute atomic E-state index is 13.6. The SMILES string of the molecule is CC1CC2CCCC(C2)C1NC(=O)C(N)=C1CC(NC(=O)N2CCOCC2)CCC1=NC1CCCCC1. The van der Waals surface area contributed by atoms with E-state index < -0.39 is 0 Å². The molecule has 5 rings (SSSR count). The van der Waals surface area contributed by atoms with E-state index in [1.54, 1.807) is 0 Å². The number of amides is 3. The molecule has 37 heavy (non-hydrogen) atoms. The van der Waals surface area contributed by atoms with Crippen molar-refractivity contribution in [3.63, 3.8) is 0 Å². The van der Waals surface area contributed by atoms with Crippen LogP contribution in [-0.4, -0.2) is 67.0 Å². The van der Waals surface area contributed by atoms with E-state index in [-0.39, 0.29) is 24.0 Å². The van der Waals surface area contributed by atoms with Gasteiger partial charge in [0.25, 0.3) is 5.91 Å². The first-order chi connectivity index (χ1) is 18.0. The zero-order valence-electron chi connectivity index (χ0n) is 22.7. The highest BCUT2D eigenvalue weighted by Crippen LogP contribution is 2.42. The van der Waals surface area contributed by atoms with Gasteiger partial charge in [0.2, 0.25) is 0 Å². The van der Waals surface area contributed by atoms with E-state index in [1.807, 2.05) is 4.90 Å². The maximum Gasteiger partial charge on any atom is 0.317 e. The average molecular weight is 514 g/mol. The summed E-state index contributed by atoms with van der Waals surface area (Å²) in [6.07, 6.45) is 14.3. The minimum absolute atomic E-state index is 0.0466. The van der Waals surface area contributed by atoms with Crippen molar-refractivity contribution in [2.24, 2.45) is 28.5 Å². The Labute approximate surface area is 222 Å². The van der Waals surface area contributed by atoms with Crippen molar-refractivity contribution in [1.29, 1.82) is 0 Å². The van der Waals surface area contributed by atoms with Crippen LogP contribution >= 0.6 is 0 Å². The number of urea groups is 1. The Morgan fingerprint density at radius 2 is 1.76 bits per heavy atom. The molecule has 0 aromatic rings. The highest BCUT2D eigenvalue weighted by Gasteiger charge is 2.39. The third-order valence-corrected chi connectivity index (χ3v) is 9.58. The van der Waals surface area contributed by atoms with Gasteiger partial charge in [-0.25, -0.2) is 4.79 Å². The number of hydrogen-bond acceptors (Lipinski definition) is 5. The van der Waals surface area contributed by atoms with Gasteiger partial charge in [0.05, 0.1) is 19.3 Å². The van der Waals surface area contributed by atoms with Crippen LogP contribution in [0.15, 0.2) is 16.3 Å². The van der Waals surface area contributed by atoms with Crippen molar-refractivity contribution in [1.82, 2.24) is 15.5 Å². The quantitative estimate of drug-likeness (QED) is 0.495. The minimum atomic E-state index is -0.146. The number of nitrogens with two attached hydrogens (primary N) is 1. The summed E-state index contributed by atoms with van der Waals surface area (Å²) in [4.78, 5) is 33.4. The van der Waals surface area contributed by atoms with E-state index in [2.05, 4.69) is 17.6 Å². The molecule has 5 fully saturated rings. The fourth-order valence-corrected chi connectivity index (χ4v) is 7.56. The number of ether oxygens (including phenoxy) is 1. The number of nitrogens with one attached hydrogen (secondary N) is 2. The molecule has 1 aliphatic heterocycles. The zero-order chi connectivity index (χ0) is 25.8. The predicted molar refractivity (Wildman–Crippen MR) is 145 cm³/mol.